The van der Waals surface area contributed by atoms with E-state index < -0.39 is 5.60 Å². The zero-order valence-electron chi connectivity index (χ0n) is 8.01. The molecule has 0 amide bonds. The summed E-state index contributed by atoms with van der Waals surface area (Å²) in [5.41, 5.74) is 5.19. The molecule has 4 N–H and O–H groups in total. The maximum Gasteiger partial charge on any atom is 0.0786 e. The van der Waals surface area contributed by atoms with Crippen molar-refractivity contribution in [2.45, 2.75) is 50.8 Å². The zero-order chi connectivity index (χ0) is 9.19. The summed E-state index contributed by atoms with van der Waals surface area (Å²) in [6, 6.07) is 0.634. The van der Waals surface area contributed by atoms with Crippen LogP contribution < -0.4 is 11.1 Å². The zero-order valence-corrected chi connectivity index (χ0v) is 8.01. The lowest BCUT2D eigenvalue weighted by Gasteiger charge is -2.24. The summed E-state index contributed by atoms with van der Waals surface area (Å²) in [5, 5.41) is 13.2. The Labute approximate surface area is 74.3 Å². The van der Waals surface area contributed by atoms with E-state index in [0.717, 1.165) is 19.3 Å². The highest BCUT2D eigenvalue weighted by atomic mass is 16.3. The van der Waals surface area contributed by atoms with E-state index in [0.29, 0.717) is 12.6 Å². The highest BCUT2D eigenvalue weighted by Gasteiger charge is 2.35. The van der Waals surface area contributed by atoms with Crippen molar-refractivity contribution < 1.29 is 5.11 Å². The second-order valence-corrected chi connectivity index (χ2v) is 4.26. The average Bonchev–Trinajstić information content (AvgIpc) is 2.29. The number of rotatable bonds is 3. The Bertz CT molecular complexity index is 149. The van der Waals surface area contributed by atoms with E-state index in [1.165, 1.54) is 0 Å². The maximum absolute atomic E-state index is 9.97. The molecule has 0 saturated heterocycles. The molecule has 0 aromatic carbocycles. The van der Waals surface area contributed by atoms with Crippen LogP contribution in [-0.2, 0) is 0 Å². The molecular weight excluding hydrogens is 152 g/mol. The van der Waals surface area contributed by atoms with E-state index in [4.69, 9.17) is 5.73 Å². The third-order valence-corrected chi connectivity index (χ3v) is 2.46. The predicted octanol–water partition coefficient (Wildman–Crippen LogP) is 0.227. The largest absolute Gasteiger partial charge is 0.389 e. The van der Waals surface area contributed by atoms with Crippen molar-refractivity contribution in [2.24, 2.45) is 5.73 Å². The molecule has 0 aliphatic heterocycles. The minimum atomic E-state index is -0.538. The van der Waals surface area contributed by atoms with Crippen LogP contribution in [0.5, 0.6) is 0 Å². The number of nitrogens with two attached hydrogens (primary N) is 1. The fraction of sp³-hybridized carbons (Fsp3) is 1.00. The standard InChI is InChI=1S/C9H20N2O/c1-7(2)11-6-9(12)4-3-8(10)5-9/h7-8,11-12H,3-6,10H2,1-2H3. The van der Waals surface area contributed by atoms with Crippen LogP contribution in [0.15, 0.2) is 0 Å². The topological polar surface area (TPSA) is 58.3 Å². The molecule has 3 heteroatoms. The first-order valence-electron chi connectivity index (χ1n) is 4.73. The Morgan fingerprint density at radius 2 is 2.33 bits per heavy atom. The number of hydrogen-bond acceptors (Lipinski definition) is 3. The summed E-state index contributed by atoms with van der Waals surface area (Å²) in [6.45, 7) is 4.84. The Morgan fingerprint density at radius 1 is 1.67 bits per heavy atom. The van der Waals surface area contributed by atoms with Gasteiger partial charge in [-0.2, -0.15) is 0 Å². The lowest BCUT2D eigenvalue weighted by Crippen LogP contribution is -2.41. The van der Waals surface area contributed by atoms with Gasteiger partial charge in [0.25, 0.3) is 0 Å². The first kappa shape index (κ1) is 9.96. The van der Waals surface area contributed by atoms with E-state index in [-0.39, 0.29) is 6.04 Å². The van der Waals surface area contributed by atoms with Crippen LogP contribution in [0.25, 0.3) is 0 Å². The predicted molar refractivity (Wildman–Crippen MR) is 49.9 cm³/mol. The van der Waals surface area contributed by atoms with Gasteiger partial charge in [0.15, 0.2) is 0 Å². The maximum atomic E-state index is 9.97. The second-order valence-electron chi connectivity index (χ2n) is 4.26. The Kier molecular flexibility index (Phi) is 3.09. The smallest absolute Gasteiger partial charge is 0.0786 e. The molecule has 3 nitrogen and oxygen atoms in total. The quantitative estimate of drug-likeness (QED) is 0.571. The molecule has 0 aromatic heterocycles. The van der Waals surface area contributed by atoms with Gasteiger partial charge in [0, 0.05) is 18.6 Å². The lowest BCUT2D eigenvalue weighted by molar-refractivity contribution is 0.0446. The molecule has 2 atom stereocenters. The van der Waals surface area contributed by atoms with Crippen molar-refractivity contribution in [3.8, 4) is 0 Å². The van der Waals surface area contributed by atoms with E-state index in [1.807, 2.05) is 0 Å². The molecule has 1 rings (SSSR count). The van der Waals surface area contributed by atoms with Crippen LogP contribution in [0.1, 0.15) is 33.1 Å². The highest BCUT2D eigenvalue weighted by Crippen LogP contribution is 2.27. The van der Waals surface area contributed by atoms with Crippen LogP contribution in [0.3, 0.4) is 0 Å². The van der Waals surface area contributed by atoms with E-state index in [2.05, 4.69) is 19.2 Å². The summed E-state index contributed by atoms with van der Waals surface area (Å²) in [5.74, 6) is 0. The summed E-state index contributed by atoms with van der Waals surface area (Å²) in [7, 11) is 0. The molecule has 1 aliphatic rings. The van der Waals surface area contributed by atoms with Crippen LogP contribution in [0.2, 0.25) is 0 Å². The molecule has 0 spiro atoms. The number of nitrogens with one attached hydrogen (secondary N) is 1. The molecule has 1 fully saturated rings. The summed E-state index contributed by atoms with van der Waals surface area (Å²) in [4.78, 5) is 0. The van der Waals surface area contributed by atoms with E-state index in [9.17, 15) is 5.11 Å². The summed E-state index contributed by atoms with van der Waals surface area (Å²) in [6.07, 6.45) is 2.54. The van der Waals surface area contributed by atoms with Gasteiger partial charge in [-0.25, -0.2) is 0 Å². The number of hydrogen-bond donors (Lipinski definition) is 3. The first-order valence-corrected chi connectivity index (χ1v) is 4.73. The van der Waals surface area contributed by atoms with Gasteiger partial charge in [-0.05, 0) is 19.3 Å². The normalized spacial score (nSPS) is 36.2. The third-order valence-electron chi connectivity index (χ3n) is 2.46. The minimum absolute atomic E-state index is 0.198. The monoisotopic (exact) mass is 172 g/mol. The second kappa shape index (κ2) is 3.73. The van der Waals surface area contributed by atoms with Gasteiger partial charge in [-0.15, -0.1) is 0 Å². The van der Waals surface area contributed by atoms with E-state index in [1.54, 1.807) is 0 Å². The summed E-state index contributed by atoms with van der Waals surface area (Å²) < 4.78 is 0. The van der Waals surface area contributed by atoms with Crippen molar-refractivity contribution in [2.75, 3.05) is 6.54 Å². The van der Waals surface area contributed by atoms with Gasteiger partial charge in [-0.1, -0.05) is 13.8 Å². The first-order chi connectivity index (χ1) is 5.52. The fourth-order valence-electron chi connectivity index (χ4n) is 1.70. The third kappa shape index (κ3) is 2.73. The Morgan fingerprint density at radius 3 is 2.75 bits per heavy atom. The SMILES string of the molecule is CC(C)NCC1(O)CCC(N)C1. The average molecular weight is 172 g/mol. The van der Waals surface area contributed by atoms with Gasteiger partial charge < -0.3 is 16.2 Å². The van der Waals surface area contributed by atoms with Crippen LogP contribution in [0.4, 0.5) is 0 Å². The van der Waals surface area contributed by atoms with Gasteiger partial charge in [0.1, 0.15) is 0 Å². The van der Waals surface area contributed by atoms with Gasteiger partial charge in [0.05, 0.1) is 5.60 Å². The molecule has 0 aromatic rings. The van der Waals surface area contributed by atoms with Crippen LogP contribution in [0, 0.1) is 0 Å². The molecule has 0 bridgehead atoms. The van der Waals surface area contributed by atoms with Crippen molar-refractivity contribution in [3.05, 3.63) is 0 Å². The van der Waals surface area contributed by atoms with Gasteiger partial charge in [0.2, 0.25) is 0 Å². The molecule has 72 valence electrons. The Balaban J connectivity index is 2.30. The fourth-order valence-corrected chi connectivity index (χ4v) is 1.70. The highest BCUT2D eigenvalue weighted by molar-refractivity contribution is 4.92. The Hall–Kier alpha value is -0.120. The number of aliphatic hydroxyl groups is 1. The van der Waals surface area contributed by atoms with Crippen molar-refractivity contribution in [3.63, 3.8) is 0 Å². The van der Waals surface area contributed by atoms with Crippen molar-refractivity contribution in [1.29, 1.82) is 0 Å². The summed E-state index contributed by atoms with van der Waals surface area (Å²) >= 11 is 0. The minimum Gasteiger partial charge on any atom is -0.389 e. The molecule has 1 aliphatic carbocycles. The lowest BCUT2D eigenvalue weighted by atomic mass is 10.0. The van der Waals surface area contributed by atoms with E-state index >= 15 is 0 Å². The van der Waals surface area contributed by atoms with Crippen molar-refractivity contribution >= 4 is 0 Å². The molecule has 1 saturated carbocycles. The van der Waals surface area contributed by atoms with Crippen molar-refractivity contribution in [1.82, 2.24) is 5.32 Å². The molecule has 0 radical (unpaired) electrons. The van der Waals surface area contributed by atoms with Crippen LogP contribution >= 0.6 is 0 Å². The van der Waals surface area contributed by atoms with Gasteiger partial charge >= 0.3 is 0 Å². The molecule has 0 heterocycles. The van der Waals surface area contributed by atoms with Gasteiger partial charge in [-0.3, -0.25) is 0 Å². The molecule has 12 heavy (non-hydrogen) atoms. The van der Waals surface area contributed by atoms with Crippen LogP contribution in [-0.4, -0.2) is 29.3 Å². The molecular formula is C9H20N2O. The molecule has 2 unspecified atom stereocenters.